The van der Waals surface area contributed by atoms with Crippen molar-refractivity contribution < 1.29 is 9.53 Å². The minimum absolute atomic E-state index is 0.0682. The van der Waals surface area contributed by atoms with Crippen molar-refractivity contribution in [3.63, 3.8) is 0 Å². The molecule has 3 aromatic rings. The zero-order chi connectivity index (χ0) is 19.4. The molecule has 2 aromatic heterocycles. The van der Waals surface area contributed by atoms with Gasteiger partial charge in [-0.25, -0.2) is 4.98 Å². The van der Waals surface area contributed by atoms with E-state index in [9.17, 15) is 4.79 Å². The standard InChI is InChI=1S/C22H27N3O2/c1-5-18(14-17-11-8-7-10-15(17)3)24-22(26)20-16(4)23-21-19(27-6-2)12-9-13-25(20)21/h7-13,18H,5-6,14H2,1-4H3,(H,24,26)/t18-/m0/s1. The molecule has 142 valence electrons. The van der Waals surface area contributed by atoms with Gasteiger partial charge in [0.15, 0.2) is 11.4 Å². The first kappa shape index (κ1) is 19.0. The molecule has 0 unspecified atom stereocenters. The molecule has 5 heteroatoms. The van der Waals surface area contributed by atoms with Crippen LogP contribution in [0.1, 0.15) is 47.6 Å². The molecule has 2 heterocycles. The lowest BCUT2D eigenvalue weighted by Crippen LogP contribution is -2.37. The van der Waals surface area contributed by atoms with E-state index in [1.807, 2.05) is 48.7 Å². The fraction of sp³-hybridized carbons (Fsp3) is 0.364. The Morgan fingerprint density at radius 1 is 1.19 bits per heavy atom. The molecule has 3 rings (SSSR count). The minimum Gasteiger partial charge on any atom is -0.490 e. The number of nitrogens with zero attached hydrogens (tertiary/aromatic N) is 2. The van der Waals surface area contributed by atoms with Crippen LogP contribution in [-0.2, 0) is 6.42 Å². The lowest BCUT2D eigenvalue weighted by Gasteiger charge is -2.18. The third-order valence-electron chi connectivity index (χ3n) is 4.86. The van der Waals surface area contributed by atoms with Crippen molar-refractivity contribution in [1.29, 1.82) is 0 Å². The zero-order valence-electron chi connectivity index (χ0n) is 16.5. The van der Waals surface area contributed by atoms with Crippen LogP contribution in [0.4, 0.5) is 0 Å². The van der Waals surface area contributed by atoms with E-state index >= 15 is 0 Å². The number of benzene rings is 1. The van der Waals surface area contributed by atoms with Gasteiger partial charge in [0.2, 0.25) is 0 Å². The molecule has 0 aliphatic carbocycles. The second kappa shape index (κ2) is 8.25. The fourth-order valence-corrected chi connectivity index (χ4v) is 3.35. The number of nitrogens with one attached hydrogen (secondary N) is 1. The van der Waals surface area contributed by atoms with E-state index in [4.69, 9.17) is 4.74 Å². The van der Waals surface area contributed by atoms with Gasteiger partial charge in [-0.1, -0.05) is 31.2 Å². The van der Waals surface area contributed by atoms with Crippen LogP contribution in [0.25, 0.3) is 5.65 Å². The Balaban J connectivity index is 1.86. The van der Waals surface area contributed by atoms with Crippen LogP contribution >= 0.6 is 0 Å². The number of rotatable bonds is 7. The Labute approximate surface area is 160 Å². The number of carbonyl (C=O) groups excluding carboxylic acids is 1. The van der Waals surface area contributed by atoms with Crippen molar-refractivity contribution in [2.24, 2.45) is 0 Å². The van der Waals surface area contributed by atoms with Gasteiger partial charge in [-0.3, -0.25) is 9.20 Å². The first-order chi connectivity index (χ1) is 13.0. The SMILES string of the molecule is CCOc1cccn2c(C(=O)N[C@@H](CC)Cc3ccccc3C)c(C)nc12. The normalized spacial score (nSPS) is 12.1. The van der Waals surface area contributed by atoms with Crippen molar-refractivity contribution in [3.8, 4) is 5.75 Å². The van der Waals surface area contributed by atoms with Crippen molar-refractivity contribution in [2.45, 2.75) is 46.6 Å². The monoisotopic (exact) mass is 365 g/mol. The maximum Gasteiger partial charge on any atom is 0.270 e. The Hall–Kier alpha value is -2.82. The second-order valence-electron chi connectivity index (χ2n) is 6.75. The average Bonchev–Trinajstić information content (AvgIpc) is 3.00. The van der Waals surface area contributed by atoms with Gasteiger partial charge in [-0.15, -0.1) is 0 Å². The van der Waals surface area contributed by atoms with Gasteiger partial charge in [0.25, 0.3) is 5.91 Å². The Bertz CT molecular complexity index is 946. The largest absolute Gasteiger partial charge is 0.490 e. The van der Waals surface area contributed by atoms with Crippen molar-refractivity contribution in [2.75, 3.05) is 6.61 Å². The van der Waals surface area contributed by atoms with E-state index in [0.717, 1.165) is 12.8 Å². The van der Waals surface area contributed by atoms with Gasteiger partial charge >= 0.3 is 0 Å². The first-order valence-electron chi connectivity index (χ1n) is 9.51. The molecule has 0 saturated carbocycles. The predicted molar refractivity (Wildman–Crippen MR) is 108 cm³/mol. The number of fused-ring (bicyclic) bond motifs is 1. The minimum atomic E-state index is -0.103. The van der Waals surface area contributed by atoms with E-state index in [1.54, 1.807) is 0 Å². The molecule has 0 aliphatic rings. The highest BCUT2D eigenvalue weighted by Gasteiger charge is 2.21. The van der Waals surface area contributed by atoms with E-state index in [0.29, 0.717) is 29.4 Å². The summed E-state index contributed by atoms with van der Waals surface area (Å²) < 4.78 is 7.46. The summed E-state index contributed by atoms with van der Waals surface area (Å²) in [5.41, 5.74) is 4.45. The number of amides is 1. The molecule has 0 fully saturated rings. The summed E-state index contributed by atoms with van der Waals surface area (Å²) >= 11 is 0. The van der Waals surface area contributed by atoms with E-state index in [1.165, 1.54) is 11.1 Å². The van der Waals surface area contributed by atoms with Gasteiger partial charge in [-0.05, 0) is 56.9 Å². The van der Waals surface area contributed by atoms with Crippen LogP contribution in [0.5, 0.6) is 5.75 Å². The molecule has 1 atom stereocenters. The molecule has 1 amide bonds. The van der Waals surface area contributed by atoms with Gasteiger partial charge in [0.05, 0.1) is 12.3 Å². The number of hydrogen-bond donors (Lipinski definition) is 1. The van der Waals surface area contributed by atoms with Gasteiger partial charge in [0, 0.05) is 12.2 Å². The van der Waals surface area contributed by atoms with E-state index in [2.05, 4.69) is 36.3 Å². The molecule has 0 spiro atoms. The molecule has 0 radical (unpaired) electrons. The number of pyridine rings is 1. The summed E-state index contributed by atoms with van der Waals surface area (Å²) in [4.78, 5) is 17.6. The summed E-state index contributed by atoms with van der Waals surface area (Å²) in [5, 5.41) is 3.19. The number of imidazole rings is 1. The smallest absolute Gasteiger partial charge is 0.270 e. The number of aryl methyl sites for hydroxylation is 2. The molecule has 1 aromatic carbocycles. The van der Waals surface area contributed by atoms with Crippen LogP contribution in [0.2, 0.25) is 0 Å². The summed E-state index contributed by atoms with van der Waals surface area (Å²) in [6.07, 6.45) is 3.53. The molecule has 5 nitrogen and oxygen atoms in total. The van der Waals surface area contributed by atoms with Crippen molar-refractivity contribution >= 4 is 11.6 Å². The summed E-state index contributed by atoms with van der Waals surface area (Å²) in [7, 11) is 0. The van der Waals surface area contributed by atoms with Crippen molar-refractivity contribution in [3.05, 3.63) is 65.1 Å². The van der Waals surface area contributed by atoms with Crippen molar-refractivity contribution in [1.82, 2.24) is 14.7 Å². The quantitative estimate of drug-likeness (QED) is 0.686. The Morgan fingerprint density at radius 2 is 1.96 bits per heavy atom. The number of ether oxygens (including phenoxy) is 1. The summed E-state index contributed by atoms with van der Waals surface area (Å²) in [6.45, 7) is 8.55. The number of hydrogen-bond acceptors (Lipinski definition) is 3. The van der Waals surface area contributed by atoms with Crippen LogP contribution < -0.4 is 10.1 Å². The summed E-state index contributed by atoms with van der Waals surface area (Å²) in [6, 6.07) is 12.1. The molecule has 0 saturated heterocycles. The first-order valence-corrected chi connectivity index (χ1v) is 9.51. The molecule has 0 aliphatic heterocycles. The van der Waals surface area contributed by atoms with E-state index < -0.39 is 0 Å². The molecular weight excluding hydrogens is 338 g/mol. The lowest BCUT2D eigenvalue weighted by molar-refractivity contribution is 0.0929. The van der Waals surface area contributed by atoms with Crippen LogP contribution in [0, 0.1) is 13.8 Å². The zero-order valence-corrected chi connectivity index (χ0v) is 16.5. The third kappa shape index (κ3) is 3.97. The highest BCUT2D eigenvalue weighted by molar-refractivity contribution is 5.95. The van der Waals surface area contributed by atoms with Gasteiger partial charge in [0.1, 0.15) is 5.69 Å². The van der Waals surface area contributed by atoms with E-state index in [-0.39, 0.29) is 11.9 Å². The van der Waals surface area contributed by atoms with Gasteiger partial charge < -0.3 is 10.1 Å². The Morgan fingerprint density at radius 3 is 2.67 bits per heavy atom. The third-order valence-corrected chi connectivity index (χ3v) is 4.86. The molecule has 27 heavy (non-hydrogen) atoms. The van der Waals surface area contributed by atoms with Gasteiger partial charge in [-0.2, -0.15) is 0 Å². The topological polar surface area (TPSA) is 55.6 Å². The maximum absolute atomic E-state index is 13.0. The number of aromatic nitrogens is 2. The van der Waals surface area contributed by atoms with Crippen LogP contribution in [-0.4, -0.2) is 27.9 Å². The lowest BCUT2D eigenvalue weighted by atomic mass is 9.99. The highest BCUT2D eigenvalue weighted by atomic mass is 16.5. The molecule has 0 bridgehead atoms. The van der Waals surface area contributed by atoms with Crippen LogP contribution in [0.15, 0.2) is 42.6 Å². The molecule has 1 N–H and O–H groups in total. The maximum atomic E-state index is 13.0. The average molecular weight is 365 g/mol. The second-order valence-corrected chi connectivity index (χ2v) is 6.75. The van der Waals surface area contributed by atoms with Crippen LogP contribution in [0.3, 0.4) is 0 Å². The highest BCUT2D eigenvalue weighted by Crippen LogP contribution is 2.22. The predicted octanol–water partition coefficient (Wildman–Crippen LogP) is 4.10. The fourth-order valence-electron chi connectivity index (χ4n) is 3.35. The number of carbonyl (C=O) groups is 1. The summed E-state index contributed by atoms with van der Waals surface area (Å²) in [5.74, 6) is 0.586. The Kier molecular flexibility index (Phi) is 5.79. The molecular formula is C22H27N3O2.